The number of benzene rings is 2. The summed E-state index contributed by atoms with van der Waals surface area (Å²) in [6.45, 7) is 4.95. The summed E-state index contributed by atoms with van der Waals surface area (Å²) in [6.07, 6.45) is 0.818. The van der Waals surface area contributed by atoms with Gasteiger partial charge < -0.3 is 19.0 Å². The summed E-state index contributed by atoms with van der Waals surface area (Å²) in [6, 6.07) is 11.6. The number of nitrogens with zero attached hydrogens (tertiary/aromatic N) is 1. The molecule has 0 bridgehead atoms. The molecule has 1 atom stereocenters. The molecule has 2 aliphatic heterocycles. The van der Waals surface area contributed by atoms with Crippen molar-refractivity contribution in [3.05, 3.63) is 79.6 Å². The quantitative estimate of drug-likeness (QED) is 0.618. The van der Waals surface area contributed by atoms with Crippen LogP contribution in [0.2, 0.25) is 10.0 Å². The Morgan fingerprint density at radius 1 is 1.00 bits per heavy atom. The van der Waals surface area contributed by atoms with Crippen LogP contribution in [0.5, 0.6) is 0 Å². The number of carbonyl (C=O) groups excluding carboxylic acids is 1. The second-order valence-electron chi connectivity index (χ2n) is 8.23. The fraction of sp³-hybridized carbons (Fsp3) is 0.333. The van der Waals surface area contributed by atoms with Crippen molar-refractivity contribution in [2.24, 2.45) is 0 Å². The zero-order chi connectivity index (χ0) is 22.2. The largest absolute Gasteiger partial charge is 0.450 e. The number of carbonyl (C=O) groups is 1. The van der Waals surface area contributed by atoms with E-state index < -0.39 is 6.04 Å². The number of fused-ring (bicyclic) bond motifs is 2. The molecule has 8 heteroatoms. The Morgan fingerprint density at radius 3 is 2.47 bits per heavy atom. The maximum Gasteiger partial charge on any atom is 0.290 e. The Balaban J connectivity index is 1.53. The number of nitrogens with one attached hydrogen (secondary N) is 1. The fourth-order valence-electron chi connectivity index (χ4n) is 4.62. The van der Waals surface area contributed by atoms with E-state index in [4.69, 9.17) is 32.4 Å². The van der Waals surface area contributed by atoms with E-state index in [-0.39, 0.29) is 17.1 Å². The van der Waals surface area contributed by atoms with Gasteiger partial charge in [-0.1, -0.05) is 35.3 Å². The van der Waals surface area contributed by atoms with Crippen molar-refractivity contribution in [1.82, 2.24) is 4.90 Å². The van der Waals surface area contributed by atoms with Gasteiger partial charge in [-0.15, -0.1) is 0 Å². The van der Waals surface area contributed by atoms with Gasteiger partial charge in [0.25, 0.3) is 5.91 Å². The van der Waals surface area contributed by atoms with Gasteiger partial charge in [0.15, 0.2) is 5.43 Å². The number of hydrogen-bond acceptors (Lipinski definition) is 4. The van der Waals surface area contributed by atoms with Crippen molar-refractivity contribution in [3.8, 4) is 0 Å². The van der Waals surface area contributed by atoms with E-state index in [1.165, 1.54) is 4.90 Å². The molecule has 5 rings (SSSR count). The minimum absolute atomic E-state index is 0.114. The van der Waals surface area contributed by atoms with Crippen molar-refractivity contribution in [3.63, 3.8) is 0 Å². The maximum absolute atomic E-state index is 13.5. The van der Waals surface area contributed by atoms with Gasteiger partial charge in [-0.25, -0.2) is 0 Å². The monoisotopic (exact) mass is 473 g/mol. The summed E-state index contributed by atoms with van der Waals surface area (Å²) in [7, 11) is 0. The van der Waals surface area contributed by atoms with Gasteiger partial charge >= 0.3 is 0 Å². The van der Waals surface area contributed by atoms with Gasteiger partial charge in [0.2, 0.25) is 5.76 Å². The first-order valence-electron chi connectivity index (χ1n) is 10.8. The normalized spacial score (nSPS) is 19.0. The molecule has 3 aromatic rings. The first-order valence-corrected chi connectivity index (χ1v) is 11.5. The molecule has 3 heterocycles. The van der Waals surface area contributed by atoms with Crippen molar-refractivity contribution < 1.29 is 18.8 Å². The van der Waals surface area contributed by atoms with Crippen LogP contribution in [0.1, 0.15) is 34.1 Å². The lowest BCUT2D eigenvalue weighted by Crippen LogP contribution is -3.14. The number of amides is 1. The van der Waals surface area contributed by atoms with E-state index in [0.29, 0.717) is 33.1 Å². The predicted molar refractivity (Wildman–Crippen MR) is 123 cm³/mol. The van der Waals surface area contributed by atoms with Crippen molar-refractivity contribution in [2.45, 2.75) is 12.5 Å². The molecule has 0 unspecified atom stereocenters. The highest BCUT2D eigenvalue weighted by Gasteiger charge is 2.42. The molecule has 1 fully saturated rings. The van der Waals surface area contributed by atoms with E-state index in [1.807, 2.05) is 12.1 Å². The summed E-state index contributed by atoms with van der Waals surface area (Å²) in [5.74, 6) is -0.144. The smallest absolute Gasteiger partial charge is 0.290 e. The first kappa shape index (κ1) is 21.5. The number of hydrogen-bond donors (Lipinski definition) is 1. The molecular formula is C24H23Cl2N2O4+. The van der Waals surface area contributed by atoms with E-state index in [0.717, 1.165) is 44.8 Å². The third kappa shape index (κ3) is 3.92. The van der Waals surface area contributed by atoms with Crippen molar-refractivity contribution in [1.29, 1.82) is 0 Å². The molecule has 6 nitrogen and oxygen atoms in total. The van der Waals surface area contributed by atoms with Gasteiger partial charge in [-0.05, 0) is 35.9 Å². The molecule has 0 spiro atoms. The minimum atomic E-state index is -0.519. The van der Waals surface area contributed by atoms with E-state index >= 15 is 0 Å². The van der Waals surface area contributed by atoms with Crippen LogP contribution in [0.3, 0.4) is 0 Å². The van der Waals surface area contributed by atoms with Gasteiger partial charge in [0.05, 0.1) is 36.8 Å². The topological polar surface area (TPSA) is 64.2 Å². The van der Waals surface area contributed by atoms with Gasteiger partial charge in [-0.2, -0.15) is 0 Å². The first-order chi connectivity index (χ1) is 15.5. The summed E-state index contributed by atoms with van der Waals surface area (Å²) in [5, 5.41) is 1.42. The highest BCUT2D eigenvalue weighted by molar-refractivity contribution is 6.31. The molecule has 1 aromatic heterocycles. The Bertz CT molecular complexity index is 1220. The zero-order valence-electron chi connectivity index (χ0n) is 17.4. The third-order valence-electron chi connectivity index (χ3n) is 6.24. The van der Waals surface area contributed by atoms with Crippen LogP contribution in [0.4, 0.5) is 0 Å². The Kier molecular flexibility index (Phi) is 5.95. The van der Waals surface area contributed by atoms with Crippen LogP contribution in [0.15, 0.2) is 51.7 Å². The molecule has 1 amide bonds. The Labute approximate surface area is 195 Å². The summed E-state index contributed by atoms with van der Waals surface area (Å²) < 4.78 is 11.4. The SMILES string of the molecule is O=C1c2oc3ccc(Cl)cc3c(=O)c2[C@@H](c2ccc(Cl)cc2)N1CCC[NH+]1CCOCC1. The van der Waals surface area contributed by atoms with Gasteiger partial charge in [0.1, 0.15) is 18.7 Å². The molecule has 0 aliphatic carbocycles. The molecular weight excluding hydrogens is 451 g/mol. The molecule has 0 radical (unpaired) electrons. The molecule has 32 heavy (non-hydrogen) atoms. The average molecular weight is 474 g/mol. The number of quaternary nitrogens is 1. The molecule has 1 N–H and O–H groups in total. The van der Waals surface area contributed by atoms with Crippen LogP contribution in [-0.4, -0.2) is 50.2 Å². The fourth-order valence-corrected chi connectivity index (χ4v) is 4.92. The van der Waals surface area contributed by atoms with Crippen molar-refractivity contribution >= 4 is 40.1 Å². The molecule has 2 aliphatic rings. The predicted octanol–water partition coefficient (Wildman–Crippen LogP) is 2.95. The maximum atomic E-state index is 13.5. The second-order valence-corrected chi connectivity index (χ2v) is 9.11. The van der Waals surface area contributed by atoms with Gasteiger partial charge in [0, 0.05) is 23.0 Å². The van der Waals surface area contributed by atoms with Crippen LogP contribution < -0.4 is 10.3 Å². The highest BCUT2D eigenvalue weighted by atomic mass is 35.5. The van der Waals surface area contributed by atoms with Crippen molar-refractivity contribution in [2.75, 3.05) is 39.4 Å². The van der Waals surface area contributed by atoms with E-state index in [9.17, 15) is 9.59 Å². The highest BCUT2D eigenvalue weighted by Crippen LogP contribution is 2.38. The third-order valence-corrected chi connectivity index (χ3v) is 6.73. The van der Waals surface area contributed by atoms with E-state index in [2.05, 4.69) is 0 Å². The number of rotatable bonds is 5. The van der Waals surface area contributed by atoms with Crippen LogP contribution >= 0.6 is 23.2 Å². The summed E-state index contributed by atoms with van der Waals surface area (Å²) in [5.41, 5.74) is 1.33. The number of morpholine rings is 1. The number of ether oxygens (including phenoxy) is 1. The zero-order valence-corrected chi connectivity index (χ0v) is 18.9. The summed E-state index contributed by atoms with van der Waals surface area (Å²) >= 11 is 12.2. The van der Waals surface area contributed by atoms with E-state index in [1.54, 1.807) is 35.2 Å². The molecule has 2 aromatic carbocycles. The molecule has 1 saturated heterocycles. The lowest BCUT2D eigenvalue weighted by molar-refractivity contribution is -0.908. The Morgan fingerprint density at radius 2 is 1.72 bits per heavy atom. The minimum Gasteiger partial charge on any atom is -0.450 e. The van der Waals surface area contributed by atoms with Gasteiger partial charge in [-0.3, -0.25) is 9.59 Å². The van der Waals surface area contributed by atoms with Crippen LogP contribution in [0, 0.1) is 0 Å². The lowest BCUT2D eigenvalue weighted by Gasteiger charge is -2.27. The van der Waals surface area contributed by atoms with Crippen LogP contribution in [-0.2, 0) is 4.74 Å². The van der Waals surface area contributed by atoms with Crippen LogP contribution in [0.25, 0.3) is 11.0 Å². The molecule has 0 saturated carbocycles. The second kappa shape index (κ2) is 8.87. The number of halogens is 2. The standard InChI is InChI=1S/C24H22Cl2N2O4/c25-16-4-2-15(3-5-16)21-20-22(29)18-14-17(26)6-7-19(18)32-23(20)24(30)28(21)9-1-8-27-10-12-31-13-11-27/h2-7,14,21H,1,8-13H2/p+1/t21-/m1/s1. The Hall–Kier alpha value is -2.38. The average Bonchev–Trinajstić information content (AvgIpc) is 3.08. The summed E-state index contributed by atoms with van der Waals surface area (Å²) in [4.78, 5) is 30.1. The molecule has 166 valence electrons. The lowest BCUT2D eigenvalue weighted by atomic mass is 9.98.